The first-order valence-electron chi connectivity index (χ1n) is 8.37. The third kappa shape index (κ3) is 4.93. The predicted molar refractivity (Wildman–Crippen MR) is 88.8 cm³/mol. The van der Waals surface area contributed by atoms with Gasteiger partial charge < -0.3 is 15.3 Å². The molecule has 1 aliphatic rings. The van der Waals surface area contributed by atoms with Gasteiger partial charge in [0.25, 0.3) is 0 Å². The van der Waals surface area contributed by atoms with Crippen LogP contribution in [-0.2, 0) is 6.42 Å². The van der Waals surface area contributed by atoms with Gasteiger partial charge >= 0.3 is 6.03 Å². The monoisotopic (exact) mass is 322 g/mol. The highest BCUT2D eigenvalue weighted by Crippen LogP contribution is 2.26. The van der Waals surface area contributed by atoms with Gasteiger partial charge in [-0.3, -0.25) is 0 Å². The van der Waals surface area contributed by atoms with Gasteiger partial charge in [0, 0.05) is 26.2 Å². The summed E-state index contributed by atoms with van der Waals surface area (Å²) in [4.78, 5) is 14.0. The van der Waals surface area contributed by atoms with E-state index in [1.54, 1.807) is 11.0 Å². The lowest BCUT2D eigenvalue weighted by molar-refractivity contribution is 0.134. The Bertz CT molecular complexity index is 528. The normalized spacial score (nSPS) is 21.0. The van der Waals surface area contributed by atoms with Crippen LogP contribution in [-0.4, -0.2) is 42.3 Å². The summed E-state index contributed by atoms with van der Waals surface area (Å²) in [5, 5.41) is 12.1. The lowest BCUT2D eigenvalue weighted by Crippen LogP contribution is -2.45. The molecular formula is C18H27FN2O2. The molecule has 0 unspecified atom stereocenters. The maximum absolute atomic E-state index is 13.1. The predicted octanol–water partition coefficient (Wildman–Crippen LogP) is 2.87. The van der Waals surface area contributed by atoms with Crippen molar-refractivity contribution in [2.75, 3.05) is 20.2 Å². The third-order valence-electron chi connectivity index (χ3n) is 4.92. The Morgan fingerprint density at radius 2 is 2.04 bits per heavy atom. The Hall–Kier alpha value is -1.62. The fraction of sp³-hybridized carbons (Fsp3) is 0.611. The minimum atomic E-state index is -0.228. The standard InChI is InChI=1S/C18H27FN2O2/c1-13-11-16(19)6-5-15(13)9-10-20-18(23)21(2)17-7-3-14(12-22)4-8-17/h5-6,11,14,17,22H,3-4,7-10,12H2,1-2H3,(H,20,23). The van der Waals surface area contributed by atoms with E-state index in [-0.39, 0.29) is 24.5 Å². The van der Waals surface area contributed by atoms with Crippen molar-refractivity contribution >= 4 is 6.03 Å². The first-order chi connectivity index (χ1) is 11.0. The second kappa shape index (κ2) is 8.29. The number of nitrogens with one attached hydrogen (secondary N) is 1. The molecule has 2 rings (SSSR count). The molecule has 0 atom stereocenters. The van der Waals surface area contributed by atoms with E-state index in [0.29, 0.717) is 18.9 Å². The molecule has 0 radical (unpaired) electrons. The SMILES string of the molecule is Cc1cc(F)ccc1CCNC(=O)N(C)C1CCC(CO)CC1. The van der Waals surface area contributed by atoms with Crippen LogP contribution >= 0.6 is 0 Å². The number of carbonyl (C=O) groups is 1. The summed E-state index contributed by atoms with van der Waals surface area (Å²) in [6, 6.07) is 4.94. The second-order valence-corrected chi connectivity index (χ2v) is 6.52. The number of carbonyl (C=O) groups excluding carboxylic acids is 1. The van der Waals surface area contributed by atoms with Gasteiger partial charge in [-0.2, -0.15) is 0 Å². The van der Waals surface area contributed by atoms with Crippen LogP contribution in [0.2, 0.25) is 0 Å². The highest BCUT2D eigenvalue weighted by molar-refractivity contribution is 5.74. The molecule has 4 nitrogen and oxygen atoms in total. The number of rotatable bonds is 5. The molecule has 2 N–H and O–H groups in total. The Morgan fingerprint density at radius 1 is 1.35 bits per heavy atom. The van der Waals surface area contributed by atoms with E-state index >= 15 is 0 Å². The molecule has 1 fully saturated rings. The summed E-state index contributed by atoms with van der Waals surface area (Å²) >= 11 is 0. The van der Waals surface area contributed by atoms with E-state index in [2.05, 4.69) is 5.32 Å². The Morgan fingerprint density at radius 3 is 2.65 bits per heavy atom. The van der Waals surface area contributed by atoms with E-state index in [0.717, 1.165) is 36.8 Å². The lowest BCUT2D eigenvalue weighted by Gasteiger charge is -2.34. The Kier molecular flexibility index (Phi) is 6.39. The van der Waals surface area contributed by atoms with Crippen LogP contribution < -0.4 is 5.32 Å². The minimum absolute atomic E-state index is 0.0581. The van der Waals surface area contributed by atoms with E-state index in [1.807, 2.05) is 14.0 Å². The molecule has 0 saturated heterocycles. The number of amides is 2. The summed E-state index contributed by atoms with van der Waals surface area (Å²) in [6.07, 6.45) is 4.56. The molecule has 23 heavy (non-hydrogen) atoms. The summed E-state index contributed by atoms with van der Waals surface area (Å²) in [5.41, 5.74) is 1.97. The highest BCUT2D eigenvalue weighted by Gasteiger charge is 2.25. The maximum Gasteiger partial charge on any atom is 0.317 e. The molecule has 1 aromatic rings. The number of nitrogens with zero attached hydrogens (tertiary/aromatic N) is 1. The first kappa shape index (κ1) is 17.7. The van der Waals surface area contributed by atoms with Crippen LogP contribution in [0.25, 0.3) is 0 Å². The lowest BCUT2D eigenvalue weighted by atomic mass is 9.86. The van der Waals surface area contributed by atoms with Gasteiger partial charge in [0.2, 0.25) is 0 Å². The van der Waals surface area contributed by atoms with Crippen LogP contribution in [0.3, 0.4) is 0 Å². The molecule has 0 spiro atoms. The van der Waals surface area contributed by atoms with E-state index < -0.39 is 0 Å². The van der Waals surface area contributed by atoms with Gasteiger partial charge in [-0.15, -0.1) is 0 Å². The Labute approximate surface area is 137 Å². The largest absolute Gasteiger partial charge is 0.396 e. The molecule has 1 aliphatic carbocycles. The van der Waals surface area contributed by atoms with Crippen molar-refractivity contribution in [1.29, 1.82) is 0 Å². The molecule has 2 amide bonds. The van der Waals surface area contributed by atoms with Crippen molar-refractivity contribution in [2.24, 2.45) is 5.92 Å². The van der Waals surface area contributed by atoms with Crippen molar-refractivity contribution in [1.82, 2.24) is 10.2 Å². The number of hydrogen-bond donors (Lipinski definition) is 2. The van der Waals surface area contributed by atoms with Gasteiger partial charge in [-0.05, 0) is 68.2 Å². The van der Waals surface area contributed by atoms with Crippen molar-refractivity contribution in [2.45, 2.75) is 45.1 Å². The summed E-state index contributed by atoms with van der Waals surface area (Å²) in [7, 11) is 1.84. The topological polar surface area (TPSA) is 52.6 Å². The fourth-order valence-corrected chi connectivity index (χ4v) is 3.25. The van der Waals surface area contributed by atoms with Crippen molar-refractivity contribution in [3.05, 3.63) is 35.1 Å². The number of halogens is 1. The molecule has 128 valence electrons. The average molecular weight is 322 g/mol. The molecule has 5 heteroatoms. The zero-order chi connectivity index (χ0) is 16.8. The van der Waals surface area contributed by atoms with Crippen LogP contribution in [0, 0.1) is 18.7 Å². The van der Waals surface area contributed by atoms with Crippen LogP contribution in [0.5, 0.6) is 0 Å². The number of aryl methyl sites for hydroxylation is 1. The number of urea groups is 1. The van der Waals surface area contributed by atoms with Crippen LogP contribution in [0.1, 0.15) is 36.8 Å². The second-order valence-electron chi connectivity index (χ2n) is 6.52. The van der Waals surface area contributed by atoms with Gasteiger partial charge in [0.1, 0.15) is 5.82 Å². The van der Waals surface area contributed by atoms with Gasteiger partial charge in [-0.1, -0.05) is 6.07 Å². The molecule has 1 saturated carbocycles. The third-order valence-corrected chi connectivity index (χ3v) is 4.92. The fourth-order valence-electron chi connectivity index (χ4n) is 3.25. The quantitative estimate of drug-likeness (QED) is 0.876. The van der Waals surface area contributed by atoms with Gasteiger partial charge in [0.05, 0.1) is 0 Å². The van der Waals surface area contributed by atoms with Crippen LogP contribution in [0.15, 0.2) is 18.2 Å². The van der Waals surface area contributed by atoms with Gasteiger partial charge in [0.15, 0.2) is 0 Å². The van der Waals surface area contributed by atoms with Crippen molar-refractivity contribution in [3.63, 3.8) is 0 Å². The summed E-state index contributed by atoms with van der Waals surface area (Å²) in [6.45, 7) is 2.67. The van der Waals surface area contributed by atoms with Crippen molar-refractivity contribution in [3.8, 4) is 0 Å². The number of hydrogen-bond acceptors (Lipinski definition) is 2. The van der Waals surface area contributed by atoms with Gasteiger partial charge in [-0.25, -0.2) is 9.18 Å². The number of benzene rings is 1. The molecule has 0 heterocycles. The highest BCUT2D eigenvalue weighted by atomic mass is 19.1. The van der Waals surface area contributed by atoms with E-state index in [9.17, 15) is 14.3 Å². The molecule has 1 aromatic carbocycles. The molecule has 0 aromatic heterocycles. The zero-order valence-corrected chi connectivity index (χ0v) is 14.0. The van der Waals surface area contributed by atoms with E-state index in [1.165, 1.54) is 12.1 Å². The van der Waals surface area contributed by atoms with Crippen molar-refractivity contribution < 1.29 is 14.3 Å². The Balaban J connectivity index is 1.76. The number of aliphatic hydroxyl groups is 1. The summed E-state index contributed by atoms with van der Waals surface area (Å²) in [5.74, 6) is 0.165. The molecular weight excluding hydrogens is 295 g/mol. The maximum atomic E-state index is 13.1. The zero-order valence-electron chi connectivity index (χ0n) is 14.0. The smallest absolute Gasteiger partial charge is 0.317 e. The number of aliphatic hydroxyl groups excluding tert-OH is 1. The summed E-state index contributed by atoms with van der Waals surface area (Å²) < 4.78 is 13.1. The molecule has 0 aliphatic heterocycles. The van der Waals surface area contributed by atoms with E-state index in [4.69, 9.17) is 0 Å². The average Bonchev–Trinajstić information content (AvgIpc) is 2.56. The minimum Gasteiger partial charge on any atom is -0.396 e. The van der Waals surface area contributed by atoms with Crippen LogP contribution in [0.4, 0.5) is 9.18 Å². The first-order valence-corrected chi connectivity index (χ1v) is 8.37. The molecule has 0 bridgehead atoms.